The fourth-order valence-electron chi connectivity index (χ4n) is 2.30. The average molecular weight is 310 g/mol. The highest BCUT2D eigenvalue weighted by atomic mass is 79.9. The van der Waals surface area contributed by atoms with E-state index in [2.05, 4.69) is 35.0 Å². The third-order valence-corrected chi connectivity index (χ3v) is 4.88. The first-order chi connectivity index (χ1) is 8.66. The summed E-state index contributed by atoms with van der Waals surface area (Å²) in [4.78, 5) is 14.6. The van der Waals surface area contributed by atoms with Crippen molar-refractivity contribution < 1.29 is 4.79 Å². The highest BCUT2D eigenvalue weighted by molar-refractivity contribution is 9.09. The number of halogens is 1. The van der Waals surface area contributed by atoms with Crippen molar-refractivity contribution in [3.63, 3.8) is 0 Å². The number of carbonyl (C=O) groups is 1. The van der Waals surface area contributed by atoms with Crippen molar-refractivity contribution in [3.8, 4) is 0 Å². The Labute approximate surface area is 117 Å². The maximum Gasteiger partial charge on any atom is 0.222 e. The van der Waals surface area contributed by atoms with Gasteiger partial charge in [-0.2, -0.15) is 0 Å². The van der Waals surface area contributed by atoms with E-state index in [9.17, 15) is 4.79 Å². The number of hydrogen-bond acceptors (Lipinski definition) is 1. The van der Waals surface area contributed by atoms with E-state index in [0.717, 1.165) is 25.9 Å². The number of aryl methyl sites for hydroxylation is 1. The third-order valence-electron chi connectivity index (χ3n) is 3.69. The predicted molar refractivity (Wildman–Crippen MR) is 77.8 cm³/mol. The van der Waals surface area contributed by atoms with Crippen molar-refractivity contribution in [1.82, 2.24) is 4.90 Å². The van der Waals surface area contributed by atoms with Gasteiger partial charge in [-0.3, -0.25) is 4.79 Å². The van der Waals surface area contributed by atoms with Crippen LogP contribution in [0.4, 0.5) is 0 Å². The minimum absolute atomic E-state index is 0.287. The van der Waals surface area contributed by atoms with E-state index in [4.69, 9.17) is 0 Å². The van der Waals surface area contributed by atoms with Gasteiger partial charge in [0.05, 0.1) is 0 Å². The first-order valence-corrected chi connectivity index (χ1v) is 7.54. The lowest BCUT2D eigenvalue weighted by atomic mass is 9.98. The fraction of sp³-hybridized carbons (Fsp3) is 0.533. The lowest BCUT2D eigenvalue weighted by Gasteiger charge is -2.34. The Balaban J connectivity index is 1.82. The van der Waals surface area contributed by atoms with Gasteiger partial charge in [0.15, 0.2) is 0 Å². The summed E-state index contributed by atoms with van der Waals surface area (Å²) < 4.78 is 0. The van der Waals surface area contributed by atoms with Crippen molar-refractivity contribution in [1.29, 1.82) is 0 Å². The molecule has 1 fully saturated rings. The van der Waals surface area contributed by atoms with Crippen molar-refractivity contribution in [3.05, 3.63) is 35.9 Å². The zero-order valence-corrected chi connectivity index (χ0v) is 12.4. The number of benzene rings is 1. The molecule has 0 bridgehead atoms. The van der Waals surface area contributed by atoms with E-state index < -0.39 is 0 Å². The number of nitrogens with zero attached hydrogens (tertiary/aromatic N) is 1. The molecule has 0 aromatic heterocycles. The average Bonchev–Trinajstić information content (AvgIpc) is 2.40. The normalized spacial score (nSPS) is 24.0. The molecule has 1 saturated heterocycles. The van der Waals surface area contributed by atoms with Crippen LogP contribution in [-0.2, 0) is 11.2 Å². The molecule has 0 N–H and O–H groups in total. The molecule has 0 aliphatic carbocycles. The fourth-order valence-corrected chi connectivity index (χ4v) is 2.92. The van der Waals surface area contributed by atoms with Crippen LogP contribution >= 0.6 is 15.9 Å². The zero-order chi connectivity index (χ0) is 13.0. The van der Waals surface area contributed by atoms with E-state index in [0.29, 0.717) is 17.2 Å². The van der Waals surface area contributed by atoms with Gasteiger partial charge in [0, 0.05) is 24.3 Å². The maximum atomic E-state index is 12.1. The van der Waals surface area contributed by atoms with Crippen LogP contribution in [0, 0.1) is 5.92 Å². The largest absolute Gasteiger partial charge is 0.342 e. The zero-order valence-electron chi connectivity index (χ0n) is 10.8. The van der Waals surface area contributed by atoms with Crippen LogP contribution in [0.3, 0.4) is 0 Å². The van der Waals surface area contributed by atoms with Crippen LogP contribution in [0.1, 0.15) is 25.3 Å². The molecular weight excluding hydrogens is 290 g/mol. The molecule has 0 saturated carbocycles. The van der Waals surface area contributed by atoms with Crippen molar-refractivity contribution in [2.75, 3.05) is 13.1 Å². The van der Waals surface area contributed by atoms with Crippen molar-refractivity contribution in [2.24, 2.45) is 5.92 Å². The van der Waals surface area contributed by atoms with Gasteiger partial charge >= 0.3 is 0 Å². The summed E-state index contributed by atoms with van der Waals surface area (Å²) in [5.41, 5.74) is 1.24. The number of rotatable bonds is 3. The molecular formula is C15H20BrNO. The lowest BCUT2D eigenvalue weighted by Crippen LogP contribution is -2.43. The number of likely N-dealkylation sites (tertiary alicyclic amines) is 1. The molecule has 2 rings (SSSR count). The summed E-state index contributed by atoms with van der Waals surface area (Å²) in [7, 11) is 0. The van der Waals surface area contributed by atoms with Gasteiger partial charge in [-0.05, 0) is 24.3 Å². The van der Waals surface area contributed by atoms with Gasteiger partial charge in [-0.15, -0.1) is 0 Å². The molecule has 2 atom stereocenters. The maximum absolute atomic E-state index is 12.1. The molecule has 98 valence electrons. The molecule has 0 radical (unpaired) electrons. The Bertz CT molecular complexity index is 393. The third kappa shape index (κ3) is 3.58. The quantitative estimate of drug-likeness (QED) is 0.785. The summed E-state index contributed by atoms with van der Waals surface area (Å²) >= 11 is 3.66. The molecule has 1 aromatic rings. The molecule has 2 unspecified atom stereocenters. The van der Waals surface area contributed by atoms with E-state index in [1.165, 1.54) is 5.56 Å². The van der Waals surface area contributed by atoms with Gasteiger partial charge in [0.25, 0.3) is 0 Å². The minimum atomic E-state index is 0.287. The monoisotopic (exact) mass is 309 g/mol. The van der Waals surface area contributed by atoms with Crippen molar-refractivity contribution in [2.45, 2.75) is 31.0 Å². The molecule has 18 heavy (non-hydrogen) atoms. The number of hydrogen-bond donors (Lipinski definition) is 0. The minimum Gasteiger partial charge on any atom is -0.342 e. The topological polar surface area (TPSA) is 20.3 Å². The van der Waals surface area contributed by atoms with Gasteiger partial charge in [-0.25, -0.2) is 0 Å². The molecule has 3 heteroatoms. The number of amides is 1. The van der Waals surface area contributed by atoms with E-state index in [1.54, 1.807) is 0 Å². The smallest absolute Gasteiger partial charge is 0.222 e. The van der Waals surface area contributed by atoms with Gasteiger partial charge in [-0.1, -0.05) is 53.2 Å². The Morgan fingerprint density at radius 2 is 2.11 bits per heavy atom. The SMILES string of the molecule is CC1CCN(C(=O)CCc2ccccc2)CC1Br. The second kappa shape index (κ2) is 6.37. The molecule has 1 aromatic carbocycles. The molecule has 1 aliphatic heterocycles. The van der Waals surface area contributed by atoms with E-state index in [1.807, 2.05) is 23.1 Å². The highest BCUT2D eigenvalue weighted by Gasteiger charge is 2.26. The number of piperidine rings is 1. The Morgan fingerprint density at radius 1 is 1.39 bits per heavy atom. The standard InChI is InChI=1S/C15H20BrNO/c1-12-9-10-17(11-14(12)16)15(18)8-7-13-5-3-2-4-6-13/h2-6,12,14H,7-11H2,1H3. The summed E-state index contributed by atoms with van der Waals surface area (Å²) in [6, 6.07) is 10.2. The van der Waals surface area contributed by atoms with Crippen LogP contribution in [0.25, 0.3) is 0 Å². The molecule has 1 amide bonds. The van der Waals surface area contributed by atoms with Crippen LogP contribution in [0.5, 0.6) is 0 Å². The molecule has 1 aliphatic rings. The first-order valence-electron chi connectivity index (χ1n) is 6.62. The van der Waals surface area contributed by atoms with Gasteiger partial charge in [0.2, 0.25) is 5.91 Å². The van der Waals surface area contributed by atoms with Gasteiger partial charge in [0.1, 0.15) is 0 Å². The predicted octanol–water partition coefficient (Wildman–Crippen LogP) is 3.25. The van der Waals surface area contributed by atoms with E-state index in [-0.39, 0.29) is 5.91 Å². The Kier molecular flexibility index (Phi) is 4.81. The summed E-state index contributed by atoms with van der Waals surface area (Å²) in [6.07, 6.45) is 2.57. The molecule has 0 spiro atoms. The lowest BCUT2D eigenvalue weighted by molar-refractivity contribution is -0.132. The van der Waals surface area contributed by atoms with Crippen LogP contribution in [0.15, 0.2) is 30.3 Å². The summed E-state index contributed by atoms with van der Waals surface area (Å²) in [5.74, 6) is 0.957. The van der Waals surface area contributed by atoms with E-state index >= 15 is 0 Å². The summed E-state index contributed by atoms with van der Waals surface area (Å²) in [6.45, 7) is 4.01. The Hall–Kier alpha value is -0.830. The van der Waals surface area contributed by atoms with Crippen LogP contribution in [-0.4, -0.2) is 28.7 Å². The Morgan fingerprint density at radius 3 is 2.78 bits per heavy atom. The molecule has 2 nitrogen and oxygen atoms in total. The second-order valence-corrected chi connectivity index (χ2v) is 6.28. The first kappa shape index (κ1) is 13.6. The van der Waals surface area contributed by atoms with Crippen molar-refractivity contribution >= 4 is 21.8 Å². The van der Waals surface area contributed by atoms with Gasteiger partial charge < -0.3 is 4.90 Å². The second-order valence-electron chi connectivity index (χ2n) is 5.11. The highest BCUT2D eigenvalue weighted by Crippen LogP contribution is 2.23. The number of alkyl halides is 1. The molecule has 1 heterocycles. The van der Waals surface area contributed by atoms with Crippen LogP contribution < -0.4 is 0 Å². The van der Waals surface area contributed by atoms with Crippen LogP contribution in [0.2, 0.25) is 0 Å². The number of carbonyl (C=O) groups excluding carboxylic acids is 1. The summed E-state index contributed by atoms with van der Waals surface area (Å²) in [5, 5.41) is 0.